The molecule has 0 saturated carbocycles. The first-order valence-corrected chi connectivity index (χ1v) is 7.75. The maximum absolute atomic E-state index is 12.1. The van der Waals surface area contributed by atoms with Crippen LogP contribution in [0.15, 0.2) is 41.1 Å². The Balaban J connectivity index is 1.88. The Kier molecular flexibility index (Phi) is 5.78. The average molecular weight is 304 g/mol. The highest BCUT2D eigenvalue weighted by Gasteiger charge is 2.11. The molecular formula is C16H20N2O2S. The minimum atomic E-state index is -0.0274. The highest BCUT2D eigenvalue weighted by molar-refractivity contribution is 7.07. The van der Waals surface area contributed by atoms with E-state index in [1.165, 1.54) is 0 Å². The molecule has 0 atom stereocenters. The molecule has 5 heteroatoms. The number of hydrogen-bond donors (Lipinski definition) is 1. The molecule has 0 radical (unpaired) electrons. The molecule has 2 aromatic rings. The molecule has 2 rings (SSSR count). The number of carbonyl (C=O) groups excluding carboxylic acids is 1. The maximum Gasteiger partial charge on any atom is 0.260 e. The molecule has 21 heavy (non-hydrogen) atoms. The van der Waals surface area contributed by atoms with Gasteiger partial charge in [-0.1, -0.05) is 18.2 Å². The third-order valence-electron chi connectivity index (χ3n) is 3.12. The summed E-state index contributed by atoms with van der Waals surface area (Å²) in [5.74, 6) is 0.726. The molecule has 1 aromatic heterocycles. The van der Waals surface area contributed by atoms with Gasteiger partial charge < -0.3 is 15.0 Å². The van der Waals surface area contributed by atoms with Crippen molar-refractivity contribution < 1.29 is 9.53 Å². The Bertz CT molecular complexity index is 569. The summed E-state index contributed by atoms with van der Waals surface area (Å²) in [5, 5.41) is 7.15. The van der Waals surface area contributed by atoms with Crippen molar-refractivity contribution in [2.24, 2.45) is 0 Å². The molecule has 0 saturated heterocycles. The van der Waals surface area contributed by atoms with Crippen molar-refractivity contribution in [1.29, 1.82) is 0 Å². The minimum Gasteiger partial charge on any atom is -0.483 e. The molecule has 1 heterocycles. The van der Waals surface area contributed by atoms with Crippen molar-refractivity contribution in [3.05, 3.63) is 52.2 Å². The van der Waals surface area contributed by atoms with E-state index in [-0.39, 0.29) is 12.5 Å². The van der Waals surface area contributed by atoms with Gasteiger partial charge in [0.25, 0.3) is 5.91 Å². The fourth-order valence-corrected chi connectivity index (χ4v) is 2.64. The van der Waals surface area contributed by atoms with Crippen LogP contribution < -0.4 is 10.1 Å². The summed E-state index contributed by atoms with van der Waals surface area (Å²) in [7, 11) is 3.68. The lowest BCUT2D eigenvalue weighted by molar-refractivity contribution is -0.132. The predicted molar refractivity (Wildman–Crippen MR) is 85.5 cm³/mol. The summed E-state index contributed by atoms with van der Waals surface area (Å²) in [6.07, 6.45) is 0. The summed E-state index contributed by atoms with van der Waals surface area (Å²) in [5.41, 5.74) is 2.19. The standard InChI is InChI=1S/C16H20N2O2S/c1-17-9-14-5-3-4-6-15(14)20-11-16(19)18(2)10-13-7-8-21-12-13/h3-8,12,17H,9-11H2,1-2H3. The van der Waals surface area contributed by atoms with Crippen LogP contribution in [0, 0.1) is 0 Å². The largest absolute Gasteiger partial charge is 0.483 e. The second-order valence-corrected chi connectivity index (χ2v) is 5.59. The number of nitrogens with one attached hydrogen (secondary N) is 1. The van der Waals surface area contributed by atoms with Crippen LogP contribution in [-0.2, 0) is 17.9 Å². The van der Waals surface area contributed by atoms with E-state index < -0.39 is 0 Å². The normalized spacial score (nSPS) is 10.4. The van der Waals surface area contributed by atoms with E-state index in [0.717, 1.165) is 23.4 Å². The molecule has 0 fully saturated rings. The first kappa shape index (κ1) is 15.5. The number of rotatable bonds is 7. The van der Waals surface area contributed by atoms with Crippen molar-refractivity contribution in [1.82, 2.24) is 10.2 Å². The van der Waals surface area contributed by atoms with Crippen LogP contribution in [0.2, 0.25) is 0 Å². The molecule has 0 bridgehead atoms. The summed E-state index contributed by atoms with van der Waals surface area (Å²) in [4.78, 5) is 13.8. The Morgan fingerprint density at radius 2 is 2.14 bits per heavy atom. The van der Waals surface area contributed by atoms with Gasteiger partial charge in [-0.2, -0.15) is 11.3 Å². The monoisotopic (exact) mass is 304 g/mol. The van der Waals surface area contributed by atoms with E-state index in [2.05, 4.69) is 5.32 Å². The molecule has 0 spiro atoms. The third-order valence-corrected chi connectivity index (χ3v) is 3.85. The lowest BCUT2D eigenvalue weighted by atomic mass is 10.2. The van der Waals surface area contributed by atoms with E-state index in [9.17, 15) is 4.79 Å². The number of ether oxygens (including phenoxy) is 1. The number of amides is 1. The topological polar surface area (TPSA) is 41.6 Å². The van der Waals surface area contributed by atoms with Gasteiger partial charge in [-0.25, -0.2) is 0 Å². The quantitative estimate of drug-likeness (QED) is 0.854. The second kappa shape index (κ2) is 7.81. The lowest BCUT2D eigenvalue weighted by Gasteiger charge is -2.17. The highest BCUT2D eigenvalue weighted by atomic mass is 32.1. The van der Waals surface area contributed by atoms with Crippen molar-refractivity contribution >= 4 is 17.2 Å². The molecule has 0 unspecified atom stereocenters. The average Bonchev–Trinajstić information content (AvgIpc) is 2.99. The van der Waals surface area contributed by atoms with Crippen LogP contribution in [-0.4, -0.2) is 31.5 Å². The summed E-state index contributed by atoms with van der Waals surface area (Å²) < 4.78 is 5.66. The molecule has 112 valence electrons. The van der Waals surface area contributed by atoms with Crippen LogP contribution in [0.4, 0.5) is 0 Å². The number of hydrogen-bond acceptors (Lipinski definition) is 4. The number of carbonyl (C=O) groups is 1. The first-order valence-electron chi connectivity index (χ1n) is 6.81. The number of benzene rings is 1. The smallest absolute Gasteiger partial charge is 0.260 e. The number of thiophene rings is 1. The molecule has 1 N–H and O–H groups in total. The highest BCUT2D eigenvalue weighted by Crippen LogP contribution is 2.17. The van der Waals surface area contributed by atoms with Gasteiger partial charge in [0.05, 0.1) is 0 Å². The van der Waals surface area contributed by atoms with E-state index in [1.807, 2.05) is 48.1 Å². The third kappa shape index (κ3) is 4.58. The Hall–Kier alpha value is -1.85. The van der Waals surface area contributed by atoms with Crippen LogP contribution in [0.1, 0.15) is 11.1 Å². The van der Waals surface area contributed by atoms with Crippen molar-refractivity contribution in [3.63, 3.8) is 0 Å². The zero-order chi connectivity index (χ0) is 15.1. The van der Waals surface area contributed by atoms with Crippen molar-refractivity contribution in [2.45, 2.75) is 13.1 Å². The van der Waals surface area contributed by atoms with Crippen LogP contribution >= 0.6 is 11.3 Å². The summed E-state index contributed by atoms with van der Waals surface area (Å²) in [6.45, 7) is 1.39. The first-order chi connectivity index (χ1) is 10.2. The van der Waals surface area contributed by atoms with Crippen LogP contribution in [0.5, 0.6) is 5.75 Å². The van der Waals surface area contributed by atoms with E-state index in [0.29, 0.717) is 6.54 Å². The van der Waals surface area contributed by atoms with Gasteiger partial charge in [0.15, 0.2) is 6.61 Å². The number of likely N-dealkylation sites (N-methyl/N-ethyl adjacent to an activating group) is 1. The van der Waals surface area contributed by atoms with Crippen LogP contribution in [0.3, 0.4) is 0 Å². The van der Waals surface area contributed by atoms with Gasteiger partial charge >= 0.3 is 0 Å². The second-order valence-electron chi connectivity index (χ2n) is 4.81. The molecule has 1 amide bonds. The molecule has 0 aliphatic rings. The number of nitrogens with zero attached hydrogens (tertiary/aromatic N) is 1. The Labute approximate surface area is 129 Å². The molecule has 0 aliphatic carbocycles. The van der Waals surface area contributed by atoms with Gasteiger partial charge in [-0.15, -0.1) is 0 Å². The number of para-hydroxylation sites is 1. The van der Waals surface area contributed by atoms with Crippen molar-refractivity contribution in [3.8, 4) is 5.75 Å². The summed E-state index contributed by atoms with van der Waals surface area (Å²) in [6, 6.07) is 9.78. The Morgan fingerprint density at radius 3 is 2.86 bits per heavy atom. The van der Waals surface area contributed by atoms with Gasteiger partial charge in [-0.3, -0.25) is 4.79 Å². The fraction of sp³-hybridized carbons (Fsp3) is 0.312. The minimum absolute atomic E-state index is 0.0274. The maximum atomic E-state index is 12.1. The predicted octanol–water partition coefficient (Wildman–Crippen LogP) is 2.50. The SMILES string of the molecule is CNCc1ccccc1OCC(=O)N(C)Cc1ccsc1. The van der Waals surface area contributed by atoms with Gasteiger partial charge in [0, 0.05) is 25.7 Å². The molecular weight excluding hydrogens is 284 g/mol. The van der Waals surface area contributed by atoms with Gasteiger partial charge in [-0.05, 0) is 35.5 Å². The van der Waals surface area contributed by atoms with Gasteiger partial charge in [0.1, 0.15) is 5.75 Å². The van der Waals surface area contributed by atoms with E-state index in [1.54, 1.807) is 23.3 Å². The zero-order valence-electron chi connectivity index (χ0n) is 12.3. The van der Waals surface area contributed by atoms with Gasteiger partial charge in [0.2, 0.25) is 0 Å². The molecule has 1 aromatic carbocycles. The van der Waals surface area contributed by atoms with Crippen LogP contribution in [0.25, 0.3) is 0 Å². The van der Waals surface area contributed by atoms with Crippen molar-refractivity contribution in [2.75, 3.05) is 20.7 Å². The zero-order valence-corrected chi connectivity index (χ0v) is 13.2. The summed E-state index contributed by atoms with van der Waals surface area (Å²) >= 11 is 1.63. The molecule has 4 nitrogen and oxygen atoms in total. The Morgan fingerprint density at radius 1 is 1.33 bits per heavy atom. The van der Waals surface area contributed by atoms with E-state index in [4.69, 9.17) is 4.74 Å². The van der Waals surface area contributed by atoms with E-state index >= 15 is 0 Å². The molecule has 0 aliphatic heterocycles. The lowest BCUT2D eigenvalue weighted by Crippen LogP contribution is -2.31. The fourth-order valence-electron chi connectivity index (χ4n) is 1.98.